The highest BCUT2D eigenvalue weighted by Gasteiger charge is 2.07. The minimum Gasteiger partial charge on any atom is -0.384 e. The topological polar surface area (TPSA) is 27.6 Å². The van der Waals surface area contributed by atoms with Crippen LogP contribution in [0.4, 0.5) is 0 Å². The van der Waals surface area contributed by atoms with Crippen molar-refractivity contribution in [2.45, 2.75) is 27.2 Å². The highest BCUT2D eigenvalue weighted by Crippen LogP contribution is 2.11. The number of nitrogens with zero attached hydrogens (tertiary/aromatic N) is 2. The average molecular weight is 195 g/mol. The first-order chi connectivity index (χ1) is 6.71. The van der Waals surface area contributed by atoms with Crippen molar-refractivity contribution < 1.29 is 0 Å². The zero-order valence-corrected chi connectivity index (χ0v) is 9.51. The molecule has 0 aromatic rings. The second-order valence-electron chi connectivity index (χ2n) is 2.94. The summed E-state index contributed by atoms with van der Waals surface area (Å²) in [5.74, 6) is 0. The Morgan fingerprint density at radius 3 is 2.50 bits per heavy atom. The third-order valence-corrected chi connectivity index (χ3v) is 1.92. The van der Waals surface area contributed by atoms with Gasteiger partial charge in [0.05, 0.1) is 11.4 Å². The first kappa shape index (κ1) is 12.8. The maximum atomic E-state index is 3.97. The van der Waals surface area contributed by atoms with E-state index < -0.39 is 0 Å². The quantitative estimate of drug-likeness (QED) is 0.383. The van der Waals surface area contributed by atoms with Crippen molar-refractivity contribution in [3.63, 3.8) is 0 Å². The summed E-state index contributed by atoms with van der Waals surface area (Å²) in [5.41, 5.74) is 1.90. The van der Waals surface area contributed by atoms with Gasteiger partial charge in [-0.1, -0.05) is 19.6 Å². The van der Waals surface area contributed by atoms with E-state index in [1.807, 2.05) is 24.9 Å². The molecule has 0 amide bonds. The third kappa shape index (κ3) is 3.64. The molecule has 0 saturated heterocycles. The van der Waals surface area contributed by atoms with Crippen LogP contribution < -0.4 is 5.32 Å². The van der Waals surface area contributed by atoms with E-state index in [0.29, 0.717) is 0 Å². The van der Waals surface area contributed by atoms with Gasteiger partial charge < -0.3 is 5.32 Å². The van der Waals surface area contributed by atoms with Gasteiger partial charge in [-0.3, -0.25) is 5.01 Å². The van der Waals surface area contributed by atoms with E-state index in [0.717, 1.165) is 30.9 Å². The Labute approximate surface area is 87.2 Å². The van der Waals surface area contributed by atoms with Crippen molar-refractivity contribution in [3.05, 3.63) is 24.0 Å². The first-order valence-corrected chi connectivity index (χ1v) is 5.04. The average Bonchev–Trinajstić information content (AvgIpc) is 2.22. The molecule has 0 saturated carbocycles. The summed E-state index contributed by atoms with van der Waals surface area (Å²) in [6, 6.07) is 0. The molecule has 0 fully saturated rings. The van der Waals surface area contributed by atoms with Gasteiger partial charge in [0.1, 0.15) is 0 Å². The van der Waals surface area contributed by atoms with Gasteiger partial charge in [-0.25, -0.2) is 0 Å². The molecule has 80 valence electrons. The number of hydrogen-bond acceptors (Lipinski definition) is 3. The minimum absolute atomic E-state index is 0.802. The fraction of sp³-hybridized carbons (Fsp3) is 0.545. The molecule has 0 aromatic heterocycles. The fourth-order valence-electron chi connectivity index (χ4n) is 1.19. The van der Waals surface area contributed by atoms with Crippen LogP contribution in [0, 0.1) is 0 Å². The predicted molar refractivity (Wildman–Crippen MR) is 63.1 cm³/mol. The zero-order valence-electron chi connectivity index (χ0n) is 9.51. The van der Waals surface area contributed by atoms with Crippen LogP contribution in [0.2, 0.25) is 0 Å². The van der Waals surface area contributed by atoms with E-state index in [2.05, 4.69) is 30.6 Å². The van der Waals surface area contributed by atoms with Crippen molar-refractivity contribution in [2.75, 3.05) is 13.1 Å². The molecule has 0 bridgehead atoms. The maximum Gasteiger partial charge on any atom is 0.0776 e. The standard InChI is InChI=1S/C11H21N3/c1-6-9-13-10(4)11(7-2)14(8-3)12-5/h7,13H,4-6,8-9H2,1-3H3/b11-7-. The molecule has 0 unspecified atom stereocenters. The van der Waals surface area contributed by atoms with Crippen molar-refractivity contribution in [1.82, 2.24) is 10.3 Å². The number of allylic oxidation sites excluding steroid dienone is 1. The Kier molecular flexibility index (Phi) is 6.54. The van der Waals surface area contributed by atoms with Crippen molar-refractivity contribution in [3.8, 4) is 0 Å². The summed E-state index contributed by atoms with van der Waals surface area (Å²) in [4.78, 5) is 0. The summed E-state index contributed by atoms with van der Waals surface area (Å²) < 4.78 is 0. The first-order valence-electron chi connectivity index (χ1n) is 5.04. The molecule has 0 radical (unpaired) electrons. The van der Waals surface area contributed by atoms with Crippen LogP contribution in [-0.4, -0.2) is 24.8 Å². The molecule has 0 atom stereocenters. The second-order valence-corrected chi connectivity index (χ2v) is 2.94. The normalized spacial score (nSPS) is 10.9. The van der Waals surface area contributed by atoms with Gasteiger partial charge >= 0.3 is 0 Å². The van der Waals surface area contributed by atoms with E-state index in [4.69, 9.17) is 0 Å². The Morgan fingerprint density at radius 1 is 1.50 bits per heavy atom. The Bertz CT molecular complexity index is 219. The third-order valence-electron chi connectivity index (χ3n) is 1.92. The molecule has 3 nitrogen and oxygen atoms in total. The van der Waals surface area contributed by atoms with E-state index in [-0.39, 0.29) is 0 Å². The molecular weight excluding hydrogens is 174 g/mol. The van der Waals surface area contributed by atoms with Crippen LogP contribution in [0.15, 0.2) is 29.2 Å². The molecule has 0 rings (SSSR count). The number of nitrogens with one attached hydrogen (secondary N) is 1. The summed E-state index contributed by atoms with van der Waals surface area (Å²) in [6.45, 7) is 15.4. The van der Waals surface area contributed by atoms with Crippen LogP contribution in [0.5, 0.6) is 0 Å². The number of hydrogen-bond donors (Lipinski definition) is 1. The number of hydrazone groups is 1. The van der Waals surface area contributed by atoms with Gasteiger partial charge in [-0.05, 0) is 20.3 Å². The minimum atomic E-state index is 0.802. The van der Waals surface area contributed by atoms with E-state index in [1.54, 1.807) is 0 Å². The number of likely N-dealkylation sites (N-methyl/N-ethyl adjacent to an activating group) is 1. The van der Waals surface area contributed by atoms with Gasteiger partial charge in [0.15, 0.2) is 0 Å². The van der Waals surface area contributed by atoms with Gasteiger partial charge in [0, 0.05) is 19.8 Å². The van der Waals surface area contributed by atoms with Crippen LogP contribution in [-0.2, 0) is 0 Å². The smallest absolute Gasteiger partial charge is 0.0776 e. The predicted octanol–water partition coefficient (Wildman–Crippen LogP) is 2.34. The number of rotatable bonds is 7. The van der Waals surface area contributed by atoms with Crippen LogP contribution in [0.25, 0.3) is 0 Å². The molecule has 0 aliphatic heterocycles. The second kappa shape index (κ2) is 7.18. The van der Waals surface area contributed by atoms with Crippen molar-refractivity contribution in [2.24, 2.45) is 5.10 Å². The van der Waals surface area contributed by atoms with E-state index in [1.165, 1.54) is 0 Å². The van der Waals surface area contributed by atoms with Gasteiger partial charge in [0.25, 0.3) is 0 Å². The Hall–Kier alpha value is -1.25. The van der Waals surface area contributed by atoms with Crippen molar-refractivity contribution >= 4 is 6.72 Å². The summed E-state index contributed by atoms with van der Waals surface area (Å²) in [6.07, 6.45) is 3.08. The molecule has 1 N–H and O–H groups in total. The summed E-state index contributed by atoms with van der Waals surface area (Å²) >= 11 is 0. The molecule has 0 aliphatic carbocycles. The van der Waals surface area contributed by atoms with Gasteiger partial charge in [-0.2, -0.15) is 5.10 Å². The van der Waals surface area contributed by atoms with E-state index >= 15 is 0 Å². The monoisotopic (exact) mass is 195 g/mol. The van der Waals surface area contributed by atoms with Gasteiger partial charge in [0.2, 0.25) is 0 Å². The molecule has 0 heterocycles. The summed E-state index contributed by atoms with van der Waals surface area (Å²) in [5, 5.41) is 8.99. The lowest BCUT2D eigenvalue weighted by Gasteiger charge is -2.22. The lowest BCUT2D eigenvalue weighted by atomic mass is 10.3. The summed E-state index contributed by atoms with van der Waals surface area (Å²) in [7, 11) is 0. The molecule has 14 heavy (non-hydrogen) atoms. The Morgan fingerprint density at radius 2 is 2.14 bits per heavy atom. The van der Waals surface area contributed by atoms with Crippen LogP contribution >= 0.6 is 0 Å². The lowest BCUT2D eigenvalue weighted by Crippen LogP contribution is -2.24. The molecule has 0 aromatic carbocycles. The molecule has 0 spiro atoms. The van der Waals surface area contributed by atoms with Crippen molar-refractivity contribution in [1.29, 1.82) is 0 Å². The lowest BCUT2D eigenvalue weighted by molar-refractivity contribution is 0.389. The highest BCUT2D eigenvalue weighted by molar-refractivity contribution is 5.28. The van der Waals surface area contributed by atoms with Crippen LogP contribution in [0.3, 0.4) is 0 Å². The largest absolute Gasteiger partial charge is 0.384 e. The Balaban J connectivity index is 4.40. The maximum absolute atomic E-state index is 3.97. The molecular formula is C11H21N3. The van der Waals surface area contributed by atoms with Crippen LogP contribution in [0.1, 0.15) is 27.2 Å². The van der Waals surface area contributed by atoms with E-state index in [9.17, 15) is 0 Å². The zero-order chi connectivity index (χ0) is 11.0. The molecule has 3 heteroatoms. The van der Waals surface area contributed by atoms with Gasteiger partial charge in [-0.15, -0.1) is 0 Å². The SMILES string of the molecule is C=NN(CC)/C(=C\C)C(=C)NCCC. The fourth-order valence-corrected chi connectivity index (χ4v) is 1.19. The highest BCUT2D eigenvalue weighted by atomic mass is 15.4. The molecule has 0 aliphatic rings.